The number of carbonyl (C=O) groups is 1. The molecule has 1 amide bonds. The van der Waals surface area contributed by atoms with E-state index in [0.717, 1.165) is 5.56 Å². The number of rotatable bonds is 5. The highest BCUT2D eigenvalue weighted by molar-refractivity contribution is 6.07. The molecule has 5 rings (SSSR count). The molecule has 0 fully saturated rings. The molecule has 0 spiro atoms. The largest absolute Gasteiger partial charge is 0.433 e. The van der Waals surface area contributed by atoms with Crippen LogP contribution in [0.3, 0.4) is 0 Å². The summed E-state index contributed by atoms with van der Waals surface area (Å²) in [4.78, 5) is 32.7. The number of fused-ring (bicyclic) bond motifs is 1. The molecule has 0 saturated carbocycles. The molecule has 2 aromatic heterocycles. The molecule has 11 nitrogen and oxygen atoms in total. The number of guanidine groups is 1. The standard InChI is InChI=1S/C24H20N6O5/c1-13-7-9-15(10-8-13)26-22(31)20-14(2)25-23(28-21(20)18-11-12-19(34-18)30(32)33)29-24-27-16-5-3-4-6-17(16)35-24/h3-12,21H,1-2H3,(H,26,31)(H2,25,27,28,29). The van der Waals surface area contributed by atoms with E-state index in [1.54, 1.807) is 25.1 Å². The maximum absolute atomic E-state index is 13.3. The predicted octanol–water partition coefficient (Wildman–Crippen LogP) is 4.66. The van der Waals surface area contributed by atoms with Crippen LogP contribution in [0, 0.1) is 17.0 Å². The number of anilines is 2. The lowest BCUT2D eigenvalue weighted by Gasteiger charge is -2.25. The second-order valence-corrected chi connectivity index (χ2v) is 7.91. The number of nitrogens with zero attached hydrogens (tertiary/aromatic N) is 3. The van der Waals surface area contributed by atoms with Gasteiger partial charge in [0.25, 0.3) is 5.91 Å². The van der Waals surface area contributed by atoms with Gasteiger partial charge in [-0.15, -0.1) is 0 Å². The fourth-order valence-electron chi connectivity index (χ4n) is 3.69. The molecule has 1 aliphatic heterocycles. The summed E-state index contributed by atoms with van der Waals surface area (Å²) in [5.74, 6) is -0.487. The Labute approximate surface area is 198 Å². The second kappa shape index (κ2) is 8.78. The molecular formula is C24H20N6O5. The van der Waals surface area contributed by atoms with Crippen LogP contribution in [0.2, 0.25) is 0 Å². The minimum absolute atomic E-state index is 0.142. The van der Waals surface area contributed by atoms with Crippen molar-refractivity contribution in [2.45, 2.75) is 19.9 Å². The van der Waals surface area contributed by atoms with Crippen molar-refractivity contribution in [2.24, 2.45) is 4.99 Å². The summed E-state index contributed by atoms with van der Waals surface area (Å²) in [6.07, 6.45) is 0. The molecule has 1 atom stereocenters. The molecule has 1 unspecified atom stereocenters. The van der Waals surface area contributed by atoms with Crippen LogP contribution in [0.5, 0.6) is 0 Å². The van der Waals surface area contributed by atoms with E-state index in [0.29, 0.717) is 22.5 Å². The SMILES string of the molecule is CC1=C(C(=O)Nc2ccc(C)cc2)C(c2ccc([N+](=O)[O-])o2)N=C(Nc2nc3ccccc3o2)N1. The van der Waals surface area contributed by atoms with Crippen LogP contribution in [0.4, 0.5) is 17.6 Å². The number of aryl methyl sites for hydroxylation is 1. The summed E-state index contributed by atoms with van der Waals surface area (Å²) in [6, 6.07) is 16.5. The summed E-state index contributed by atoms with van der Waals surface area (Å²) in [7, 11) is 0. The van der Waals surface area contributed by atoms with Gasteiger partial charge in [-0.25, -0.2) is 4.99 Å². The van der Waals surface area contributed by atoms with Crippen LogP contribution in [0.1, 0.15) is 24.3 Å². The number of hydrogen-bond acceptors (Lipinski definition) is 9. The summed E-state index contributed by atoms with van der Waals surface area (Å²) in [6.45, 7) is 3.65. The van der Waals surface area contributed by atoms with E-state index >= 15 is 0 Å². The topological polar surface area (TPSA) is 148 Å². The highest BCUT2D eigenvalue weighted by Gasteiger charge is 2.33. The number of oxazole rings is 1. The Morgan fingerprint density at radius 1 is 1.06 bits per heavy atom. The molecule has 0 aliphatic carbocycles. The molecule has 0 bridgehead atoms. The van der Waals surface area contributed by atoms with Gasteiger partial charge in [-0.1, -0.05) is 29.8 Å². The van der Waals surface area contributed by atoms with Crippen LogP contribution < -0.4 is 16.0 Å². The Bertz CT molecular complexity index is 1470. The third kappa shape index (κ3) is 4.47. The van der Waals surface area contributed by atoms with E-state index < -0.39 is 22.8 Å². The van der Waals surface area contributed by atoms with Crippen molar-refractivity contribution in [2.75, 3.05) is 10.6 Å². The van der Waals surface area contributed by atoms with E-state index in [4.69, 9.17) is 8.83 Å². The first-order chi connectivity index (χ1) is 16.9. The smallest absolute Gasteiger partial charge is 0.423 e. The molecule has 1 aliphatic rings. The molecule has 2 aromatic carbocycles. The number of furan rings is 1. The van der Waals surface area contributed by atoms with Gasteiger partial charge in [0.15, 0.2) is 5.58 Å². The van der Waals surface area contributed by atoms with Crippen LogP contribution in [-0.4, -0.2) is 21.8 Å². The zero-order chi connectivity index (χ0) is 24.5. The number of aromatic nitrogens is 1. The third-order valence-electron chi connectivity index (χ3n) is 5.38. The van der Waals surface area contributed by atoms with Crippen molar-refractivity contribution in [1.29, 1.82) is 0 Å². The van der Waals surface area contributed by atoms with Gasteiger partial charge >= 0.3 is 11.9 Å². The Morgan fingerprint density at radius 3 is 2.54 bits per heavy atom. The molecule has 11 heteroatoms. The maximum Gasteiger partial charge on any atom is 0.433 e. The number of nitrogens with one attached hydrogen (secondary N) is 3. The normalized spacial score (nSPS) is 15.5. The molecule has 3 heterocycles. The lowest BCUT2D eigenvalue weighted by atomic mass is 10.0. The molecule has 176 valence electrons. The Kier molecular flexibility index (Phi) is 5.49. The average molecular weight is 472 g/mol. The number of nitro groups is 1. The van der Waals surface area contributed by atoms with Gasteiger partial charge < -0.3 is 19.5 Å². The zero-order valence-corrected chi connectivity index (χ0v) is 18.7. The number of benzene rings is 2. The van der Waals surface area contributed by atoms with E-state index in [1.807, 2.05) is 37.3 Å². The summed E-state index contributed by atoms with van der Waals surface area (Å²) < 4.78 is 11.1. The first-order valence-electron chi connectivity index (χ1n) is 10.7. The Morgan fingerprint density at radius 2 is 1.83 bits per heavy atom. The lowest BCUT2D eigenvalue weighted by molar-refractivity contribution is -0.402. The number of hydrogen-bond donors (Lipinski definition) is 3. The van der Waals surface area contributed by atoms with Crippen molar-refractivity contribution in [3.8, 4) is 0 Å². The van der Waals surface area contributed by atoms with Crippen LogP contribution in [-0.2, 0) is 4.79 Å². The van der Waals surface area contributed by atoms with Crippen LogP contribution in [0.15, 0.2) is 85.8 Å². The fraction of sp³-hybridized carbons (Fsp3) is 0.125. The molecule has 3 N–H and O–H groups in total. The van der Waals surface area contributed by atoms with Crippen LogP contribution >= 0.6 is 0 Å². The predicted molar refractivity (Wildman–Crippen MR) is 129 cm³/mol. The third-order valence-corrected chi connectivity index (χ3v) is 5.38. The van der Waals surface area contributed by atoms with Crippen molar-refractivity contribution >= 4 is 40.6 Å². The summed E-state index contributed by atoms with van der Waals surface area (Å²) in [5.41, 5.74) is 3.64. The van der Waals surface area contributed by atoms with E-state index in [-0.39, 0.29) is 23.3 Å². The van der Waals surface area contributed by atoms with Gasteiger partial charge in [0.05, 0.1) is 11.6 Å². The van der Waals surface area contributed by atoms with Gasteiger partial charge in [-0.3, -0.25) is 20.2 Å². The minimum Gasteiger partial charge on any atom is -0.423 e. The lowest BCUT2D eigenvalue weighted by Crippen LogP contribution is -2.37. The van der Waals surface area contributed by atoms with Crippen molar-refractivity contribution in [3.05, 3.63) is 93.4 Å². The quantitative estimate of drug-likeness (QED) is 0.280. The number of para-hydroxylation sites is 2. The monoisotopic (exact) mass is 472 g/mol. The Hall–Kier alpha value is -4.93. The van der Waals surface area contributed by atoms with Gasteiger partial charge in [0.1, 0.15) is 22.2 Å². The molecule has 0 radical (unpaired) electrons. The molecule has 0 saturated heterocycles. The number of carbonyl (C=O) groups excluding carboxylic acids is 1. The molecular weight excluding hydrogens is 452 g/mol. The fourth-order valence-corrected chi connectivity index (χ4v) is 3.69. The van der Waals surface area contributed by atoms with E-state index in [9.17, 15) is 14.9 Å². The van der Waals surface area contributed by atoms with Crippen LogP contribution in [0.25, 0.3) is 11.1 Å². The van der Waals surface area contributed by atoms with Crippen molar-refractivity contribution in [1.82, 2.24) is 10.3 Å². The van der Waals surface area contributed by atoms with Crippen molar-refractivity contribution in [3.63, 3.8) is 0 Å². The maximum atomic E-state index is 13.3. The minimum atomic E-state index is -0.956. The number of aliphatic imine (C=N–C) groups is 1. The van der Waals surface area contributed by atoms with Gasteiger partial charge in [-0.2, -0.15) is 4.98 Å². The van der Waals surface area contributed by atoms with Crippen molar-refractivity contribution < 1.29 is 18.6 Å². The number of amides is 1. The second-order valence-electron chi connectivity index (χ2n) is 7.91. The first-order valence-corrected chi connectivity index (χ1v) is 10.7. The average Bonchev–Trinajstić information content (AvgIpc) is 3.47. The Balaban J connectivity index is 1.48. The molecule has 35 heavy (non-hydrogen) atoms. The van der Waals surface area contributed by atoms with Gasteiger partial charge in [0.2, 0.25) is 5.96 Å². The van der Waals surface area contributed by atoms with Gasteiger partial charge in [0, 0.05) is 11.4 Å². The zero-order valence-electron chi connectivity index (χ0n) is 18.7. The summed E-state index contributed by atoms with van der Waals surface area (Å²) in [5, 5.41) is 20.0. The van der Waals surface area contributed by atoms with E-state index in [2.05, 4.69) is 25.9 Å². The highest BCUT2D eigenvalue weighted by Crippen LogP contribution is 2.34. The van der Waals surface area contributed by atoms with E-state index in [1.165, 1.54) is 12.1 Å². The number of allylic oxidation sites excluding steroid dienone is 1. The first kappa shape index (κ1) is 21.9. The summed E-state index contributed by atoms with van der Waals surface area (Å²) >= 11 is 0. The molecule has 4 aromatic rings. The highest BCUT2D eigenvalue weighted by atomic mass is 16.6. The van der Waals surface area contributed by atoms with Gasteiger partial charge in [-0.05, 0) is 44.2 Å².